The van der Waals surface area contributed by atoms with E-state index in [0.29, 0.717) is 69.8 Å². The second kappa shape index (κ2) is 14.3. The molecule has 4 aromatic carbocycles. The molecule has 0 spiro atoms. The Kier molecular flexibility index (Phi) is 10.1. The highest BCUT2D eigenvalue weighted by atomic mass is 16.5. The standard InChI is InChI=1S/C32H32N2O8/c33-21-5-9-23(10-6-21)41-25-13-15-27(29(19-25)39-17-1-3-31(35)36)28-16-14-26(42-24-11-7-22(34)8-12-24)20-30(28)40-18-2-4-32(37)38/h5-16,19-20H,1-4,17-18,33-34H2,(H,35,36)(H,37,38). The zero-order valence-electron chi connectivity index (χ0n) is 22.8. The Balaban J connectivity index is 1.66. The lowest BCUT2D eigenvalue weighted by Crippen LogP contribution is -2.05. The van der Waals surface area contributed by atoms with Crippen molar-refractivity contribution in [3.8, 4) is 45.6 Å². The monoisotopic (exact) mass is 572 g/mol. The normalized spacial score (nSPS) is 10.6. The van der Waals surface area contributed by atoms with Crippen molar-refractivity contribution in [2.75, 3.05) is 24.7 Å². The van der Waals surface area contributed by atoms with Gasteiger partial charge in [0.05, 0.1) is 13.2 Å². The van der Waals surface area contributed by atoms with Gasteiger partial charge in [0.15, 0.2) is 0 Å². The average Bonchev–Trinajstić information content (AvgIpc) is 2.96. The molecule has 0 bridgehead atoms. The van der Waals surface area contributed by atoms with Gasteiger partial charge in [0, 0.05) is 47.5 Å². The number of rotatable bonds is 15. The minimum absolute atomic E-state index is 0.0356. The van der Waals surface area contributed by atoms with Crippen LogP contribution in [0.4, 0.5) is 11.4 Å². The molecule has 0 unspecified atom stereocenters. The summed E-state index contributed by atoms with van der Waals surface area (Å²) >= 11 is 0. The lowest BCUT2D eigenvalue weighted by molar-refractivity contribution is -0.138. The SMILES string of the molecule is Nc1ccc(Oc2ccc(-c3ccc(Oc4ccc(N)cc4)cc3OCCCC(=O)O)c(OCCCC(=O)O)c2)cc1. The van der Waals surface area contributed by atoms with E-state index in [1.54, 1.807) is 72.8 Å². The minimum atomic E-state index is -0.909. The molecule has 0 atom stereocenters. The van der Waals surface area contributed by atoms with Crippen molar-refractivity contribution in [1.29, 1.82) is 0 Å². The van der Waals surface area contributed by atoms with Gasteiger partial charge in [-0.1, -0.05) is 0 Å². The summed E-state index contributed by atoms with van der Waals surface area (Å²) in [5, 5.41) is 18.1. The maximum atomic E-state index is 11.0. The number of nitrogen functional groups attached to an aromatic ring is 2. The number of nitrogens with two attached hydrogens (primary N) is 2. The minimum Gasteiger partial charge on any atom is -0.493 e. The first-order valence-corrected chi connectivity index (χ1v) is 13.3. The smallest absolute Gasteiger partial charge is 0.303 e. The van der Waals surface area contributed by atoms with E-state index in [2.05, 4.69) is 0 Å². The number of carboxylic acids is 2. The third-order valence-corrected chi connectivity index (χ3v) is 6.01. The summed E-state index contributed by atoms with van der Waals surface area (Å²) in [5.41, 5.74) is 14.1. The first kappa shape index (κ1) is 29.6. The van der Waals surface area contributed by atoms with Gasteiger partial charge in [0.1, 0.15) is 34.5 Å². The molecule has 0 amide bonds. The molecule has 0 heterocycles. The number of hydrogen-bond donors (Lipinski definition) is 4. The first-order valence-electron chi connectivity index (χ1n) is 13.3. The zero-order valence-corrected chi connectivity index (χ0v) is 22.8. The molecule has 0 fully saturated rings. The Bertz CT molecular complexity index is 1390. The molecular weight excluding hydrogens is 540 g/mol. The van der Waals surface area contributed by atoms with Gasteiger partial charge in [-0.3, -0.25) is 9.59 Å². The lowest BCUT2D eigenvalue weighted by Gasteiger charge is -2.18. The highest BCUT2D eigenvalue weighted by Gasteiger charge is 2.16. The van der Waals surface area contributed by atoms with Gasteiger partial charge in [0.2, 0.25) is 0 Å². The number of aliphatic carboxylic acids is 2. The summed E-state index contributed by atoms with van der Waals surface area (Å²) in [6, 6.07) is 24.6. The number of anilines is 2. The number of hydrogen-bond acceptors (Lipinski definition) is 8. The summed E-state index contributed by atoms with van der Waals surface area (Å²) < 4.78 is 24.1. The van der Waals surface area contributed by atoms with Crippen LogP contribution in [-0.2, 0) is 9.59 Å². The van der Waals surface area contributed by atoms with Gasteiger partial charge in [-0.05, 0) is 85.6 Å². The van der Waals surface area contributed by atoms with Crippen molar-refractivity contribution in [1.82, 2.24) is 0 Å². The fourth-order valence-corrected chi connectivity index (χ4v) is 3.97. The maximum absolute atomic E-state index is 11.0. The highest BCUT2D eigenvalue weighted by molar-refractivity contribution is 5.77. The molecular formula is C32H32N2O8. The molecule has 0 aliphatic rings. The van der Waals surface area contributed by atoms with Crippen molar-refractivity contribution in [2.45, 2.75) is 25.7 Å². The van der Waals surface area contributed by atoms with Crippen molar-refractivity contribution < 1.29 is 38.7 Å². The number of ether oxygens (including phenoxy) is 4. The molecule has 0 radical (unpaired) electrons. The predicted octanol–water partition coefficient (Wildman–Crippen LogP) is 6.59. The molecule has 10 nitrogen and oxygen atoms in total. The van der Waals surface area contributed by atoms with Crippen LogP contribution >= 0.6 is 0 Å². The molecule has 0 saturated carbocycles. The fraction of sp³-hybridized carbons (Fsp3) is 0.188. The number of benzene rings is 4. The Morgan fingerprint density at radius 2 is 0.905 bits per heavy atom. The van der Waals surface area contributed by atoms with Crippen LogP contribution < -0.4 is 30.4 Å². The molecule has 0 aliphatic heterocycles. The third kappa shape index (κ3) is 8.82. The Labute approximate surface area is 243 Å². The van der Waals surface area contributed by atoms with E-state index in [1.165, 1.54) is 0 Å². The first-order chi connectivity index (χ1) is 20.3. The molecule has 6 N–H and O–H groups in total. The van der Waals surface area contributed by atoms with Crippen LogP contribution in [0, 0.1) is 0 Å². The van der Waals surface area contributed by atoms with Gasteiger partial charge in [-0.25, -0.2) is 0 Å². The maximum Gasteiger partial charge on any atom is 0.303 e. The summed E-state index contributed by atoms with van der Waals surface area (Å²) in [6.07, 6.45) is 0.549. The second-order valence-electron chi connectivity index (χ2n) is 9.35. The summed E-state index contributed by atoms with van der Waals surface area (Å²) in [4.78, 5) is 22.0. The van der Waals surface area contributed by atoms with Gasteiger partial charge in [-0.2, -0.15) is 0 Å². The molecule has 0 saturated heterocycles. The largest absolute Gasteiger partial charge is 0.493 e. The molecule has 4 aromatic rings. The van der Waals surface area contributed by atoms with E-state index in [4.69, 9.17) is 40.6 Å². The van der Waals surface area contributed by atoms with E-state index >= 15 is 0 Å². The third-order valence-electron chi connectivity index (χ3n) is 6.01. The molecule has 0 aliphatic carbocycles. The van der Waals surface area contributed by atoms with Crippen molar-refractivity contribution in [3.05, 3.63) is 84.9 Å². The number of carboxylic acid groups (broad SMARTS) is 2. The van der Waals surface area contributed by atoms with E-state index in [9.17, 15) is 9.59 Å². The topological polar surface area (TPSA) is 164 Å². The quantitative estimate of drug-likeness (QED) is 0.0902. The zero-order chi connectivity index (χ0) is 29.9. The van der Waals surface area contributed by atoms with E-state index < -0.39 is 11.9 Å². The lowest BCUT2D eigenvalue weighted by atomic mass is 10.0. The van der Waals surface area contributed by atoms with Gasteiger partial charge < -0.3 is 40.6 Å². The summed E-state index contributed by atoms with van der Waals surface area (Å²) in [6.45, 7) is 0.329. The number of carbonyl (C=O) groups is 2. The van der Waals surface area contributed by atoms with Gasteiger partial charge >= 0.3 is 11.9 Å². The molecule has 4 rings (SSSR count). The van der Waals surface area contributed by atoms with E-state index in [0.717, 1.165) is 0 Å². The van der Waals surface area contributed by atoms with Crippen LogP contribution in [0.2, 0.25) is 0 Å². The Morgan fingerprint density at radius 1 is 0.548 bits per heavy atom. The van der Waals surface area contributed by atoms with Crippen LogP contribution in [0.15, 0.2) is 84.9 Å². The van der Waals surface area contributed by atoms with Crippen molar-refractivity contribution >= 4 is 23.3 Å². The molecule has 218 valence electrons. The van der Waals surface area contributed by atoms with Gasteiger partial charge in [-0.15, -0.1) is 0 Å². The molecule has 10 heteroatoms. The summed E-state index contributed by atoms with van der Waals surface area (Å²) in [7, 11) is 0. The fourth-order valence-electron chi connectivity index (χ4n) is 3.97. The average molecular weight is 573 g/mol. The predicted molar refractivity (Wildman–Crippen MR) is 158 cm³/mol. The van der Waals surface area contributed by atoms with Crippen LogP contribution in [0.1, 0.15) is 25.7 Å². The van der Waals surface area contributed by atoms with Crippen LogP contribution in [0.3, 0.4) is 0 Å². The van der Waals surface area contributed by atoms with E-state index in [-0.39, 0.29) is 26.1 Å². The van der Waals surface area contributed by atoms with E-state index in [1.807, 2.05) is 12.1 Å². The highest BCUT2D eigenvalue weighted by Crippen LogP contribution is 2.42. The van der Waals surface area contributed by atoms with Crippen LogP contribution in [-0.4, -0.2) is 35.4 Å². The summed E-state index contributed by atoms with van der Waals surface area (Å²) in [5.74, 6) is 1.27. The Hall–Kier alpha value is -5.38. The van der Waals surface area contributed by atoms with Crippen molar-refractivity contribution in [3.63, 3.8) is 0 Å². The van der Waals surface area contributed by atoms with Crippen molar-refractivity contribution in [2.24, 2.45) is 0 Å². The second-order valence-corrected chi connectivity index (χ2v) is 9.35. The Morgan fingerprint density at radius 3 is 1.26 bits per heavy atom. The van der Waals surface area contributed by atoms with Crippen LogP contribution in [0.25, 0.3) is 11.1 Å². The van der Waals surface area contributed by atoms with Gasteiger partial charge in [0.25, 0.3) is 0 Å². The van der Waals surface area contributed by atoms with Crippen LogP contribution in [0.5, 0.6) is 34.5 Å². The molecule has 0 aromatic heterocycles. The molecule has 42 heavy (non-hydrogen) atoms.